The zero-order valence-corrected chi connectivity index (χ0v) is 7.79. The Kier molecular flexibility index (Phi) is 2.23. The highest BCUT2D eigenvalue weighted by atomic mass is 16.4. The van der Waals surface area contributed by atoms with Gasteiger partial charge < -0.3 is 9.67 Å². The topological polar surface area (TPSA) is 59.3 Å². The van der Waals surface area contributed by atoms with E-state index in [9.17, 15) is 9.59 Å². The molecule has 0 bridgehead atoms. The van der Waals surface area contributed by atoms with E-state index >= 15 is 0 Å². The molecule has 1 rings (SSSR count). The second kappa shape index (κ2) is 3.05. The molecule has 1 aromatic heterocycles. The van der Waals surface area contributed by atoms with Crippen LogP contribution in [-0.4, -0.2) is 15.6 Å². The number of aromatic carboxylic acids is 1. The van der Waals surface area contributed by atoms with Crippen LogP contribution in [0.25, 0.3) is 0 Å². The van der Waals surface area contributed by atoms with Gasteiger partial charge in [-0.1, -0.05) is 0 Å². The number of hydrogen-bond donors (Lipinski definition) is 1. The van der Waals surface area contributed by atoms with Crippen LogP contribution >= 0.6 is 0 Å². The molecule has 4 nitrogen and oxygen atoms in total. The lowest BCUT2D eigenvalue weighted by atomic mass is 10.1. The van der Waals surface area contributed by atoms with E-state index in [1.54, 1.807) is 20.9 Å². The Bertz CT molecular complexity index is 418. The number of aryl methyl sites for hydroxylation is 1. The minimum absolute atomic E-state index is 0.175. The van der Waals surface area contributed by atoms with E-state index in [0.29, 0.717) is 0 Å². The molecule has 0 amide bonds. The van der Waals surface area contributed by atoms with Gasteiger partial charge >= 0.3 is 5.97 Å². The fourth-order valence-electron chi connectivity index (χ4n) is 1.13. The molecule has 1 heterocycles. The van der Waals surface area contributed by atoms with Crippen molar-refractivity contribution in [1.29, 1.82) is 0 Å². The lowest BCUT2D eigenvalue weighted by Crippen LogP contribution is -2.26. The Hall–Kier alpha value is -1.58. The van der Waals surface area contributed by atoms with E-state index in [1.807, 2.05) is 0 Å². The average Bonchev–Trinajstić information content (AvgIpc) is 2.07. The monoisotopic (exact) mass is 181 g/mol. The van der Waals surface area contributed by atoms with Crippen molar-refractivity contribution in [3.8, 4) is 0 Å². The van der Waals surface area contributed by atoms with Crippen molar-refractivity contribution in [3.63, 3.8) is 0 Å². The van der Waals surface area contributed by atoms with E-state index in [1.165, 1.54) is 10.6 Å². The molecule has 0 aliphatic rings. The molecule has 0 atom stereocenters. The van der Waals surface area contributed by atoms with Gasteiger partial charge in [-0.05, 0) is 25.5 Å². The van der Waals surface area contributed by atoms with Crippen molar-refractivity contribution in [1.82, 2.24) is 4.57 Å². The first kappa shape index (κ1) is 9.51. The highest BCUT2D eigenvalue weighted by Crippen LogP contribution is 2.04. The second-order valence-corrected chi connectivity index (χ2v) is 3.00. The van der Waals surface area contributed by atoms with Crippen LogP contribution < -0.4 is 5.56 Å². The van der Waals surface area contributed by atoms with Gasteiger partial charge in [0.15, 0.2) is 0 Å². The molecule has 0 aliphatic carbocycles. The van der Waals surface area contributed by atoms with Crippen LogP contribution in [0.2, 0.25) is 0 Å². The van der Waals surface area contributed by atoms with Crippen LogP contribution in [0.3, 0.4) is 0 Å². The number of hydrogen-bond acceptors (Lipinski definition) is 2. The Balaban J connectivity index is 3.60. The van der Waals surface area contributed by atoms with E-state index in [0.717, 1.165) is 11.3 Å². The zero-order valence-electron chi connectivity index (χ0n) is 7.79. The van der Waals surface area contributed by atoms with Crippen LogP contribution in [0, 0.1) is 13.8 Å². The summed E-state index contributed by atoms with van der Waals surface area (Å²) in [6.45, 7) is 3.56. The Morgan fingerprint density at radius 3 is 2.46 bits per heavy atom. The van der Waals surface area contributed by atoms with Gasteiger partial charge in [-0.15, -0.1) is 0 Å². The molecule has 0 unspecified atom stereocenters. The smallest absolute Gasteiger partial charge is 0.341 e. The molecule has 0 radical (unpaired) electrons. The van der Waals surface area contributed by atoms with Crippen LogP contribution in [0.1, 0.15) is 21.6 Å². The number of carboxylic acid groups (broad SMARTS) is 1. The van der Waals surface area contributed by atoms with E-state index < -0.39 is 11.5 Å². The largest absolute Gasteiger partial charge is 0.477 e. The summed E-state index contributed by atoms with van der Waals surface area (Å²) in [4.78, 5) is 22.0. The highest BCUT2D eigenvalue weighted by molar-refractivity contribution is 5.87. The normalized spacial score (nSPS) is 10.1. The summed E-state index contributed by atoms with van der Waals surface area (Å²) >= 11 is 0. The SMILES string of the molecule is Cc1cc(C(=O)O)c(=O)n(C)c1C. The van der Waals surface area contributed by atoms with Crippen molar-refractivity contribution >= 4 is 5.97 Å². The van der Waals surface area contributed by atoms with Crippen molar-refractivity contribution in [2.45, 2.75) is 13.8 Å². The maximum Gasteiger partial charge on any atom is 0.341 e. The fraction of sp³-hybridized carbons (Fsp3) is 0.333. The summed E-state index contributed by atoms with van der Waals surface area (Å²) in [6, 6.07) is 1.40. The van der Waals surface area contributed by atoms with Gasteiger partial charge in [0.2, 0.25) is 0 Å². The molecule has 70 valence electrons. The van der Waals surface area contributed by atoms with E-state index in [2.05, 4.69) is 0 Å². The van der Waals surface area contributed by atoms with Crippen LogP contribution in [-0.2, 0) is 7.05 Å². The van der Waals surface area contributed by atoms with Crippen molar-refractivity contribution in [2.24, 2.45) is 7.05 Å². The van der Waals surface area contributed by atoms with Crippen LogP contribution in [0.5, 0.6) is 0 Å². The average molecular weight is 181 g/mol. The molecule has 4 heteroatoms. The number of carboxylic acids is 1. The van der Waals surface area contributed by atoms with E-state index in [-0.39, 0.29) is 5.56 Å². The minimum atomic E-state index is -1.18. The molecule has 0 saturated carbocycles. The Morgan fingerprint density at radius 2 is 2.00 bits per heavy atom. The lowest BCUT2D eigenvalue weighted by Gasteiger charge is -2.07. The Labute approximate surface area is 75.4 Å². The Morgan fingerprint density at radius 1 is 1.46 bits per heavy atom. The molecule has 0 fully saturated rings. The molecule has 1 N–H and O–H groups in total. The van der Waals surface area contributed by atoms with Gasteiger partial charge in [0.1, 0.15) is 5.56 Å². The molecular weight excluding hydrogens is 170 g/mol. The molecule has 1 aromatic rings. The molecular formula is C9H11NO3. The predicted octanol–water partition coefficient (Wildman–Crippen LogP) is 0.700. The number of rotatable bonds is 1. The molecule has 0 aliphatic heterocycles. The molecule has 0 aromatic carbocycles. The molecule has 0 saturated heterocycles. The maximum atomic E-state index is 11.4. The summed E-state index contributed by atoms with van der Waals surface area (Å²) in [5, 5.41) is 8.69. The first-order chi connectivity index (χ1) is 5.95. The predicted molar refractivity (Wildman–Crippen MR) is 48.1 cm³/mol. The van der Waals surface area contributed by atoms with Crippen LogP contribution in [0.15, 0.2) is 10.9 Å². The van der Waals surface area contributed by atoms with Gasteiger partial charge in [-0.25, -0.2) is 4.79 Å². The third kappa shape index (κ3) is 1.47. The molecule has 13 heavy (non-hydrogen) atoms. The van der Waals surface area contributed by atoms with Gasteiger partial charge in [-0.2, -0.15) is 0 Å². The fourth-order valence-corrected chi connectivity index (χ4v) is 1.13. The number of nitrogens with zero attached hydrogens (tertiary/aromatic N) is 1. The zero-order chi connectivity index (χ0) is 10.2. The quantitative estimate of drug-likeness (QED) is 0.693. The summed E-state index contributed by atoms with van der Waals surface area (Å²) < 4.78 is 1.35. The second-order valence-electron chi connectivity index (χ2n) is 3.00. The number of aromatic nitrogens is 1. The lowest BCUT2D eigenvalue weighted by molar-refractivity contribution is 0.0694. The summed E-state index contributed by atoms with van der Waals surface area (Å²) in [5.74, 6) is -1.18. The minimum Gasteiger partial charge on any atom is -0.477 e. The summed E-state index contributed by atoms with van der Waals surface area (Å²) in [5.41, 5.74) is 0.954. The standard InChI is InChI=1S/C9H11NO3/c1-5-4-7(9(12)13)8(11)10(3)6(5)2/h4H,1-3H3,(H,12,13). The van der Waals surface area contributed by atoms with Gasteiger partial charge in [-0.3, -0.25) is 4.79 Å². The third-order valence-electron chi connectivity index (χ3n) is 2.20. The summed E-state index contributed by atoms with van der Waals surface area (Å²) in [6.07, 6.45) is 0. The summed E-state index contributed by atoms with van der Waals surface area (Å²) in [7, 11) is 1.57. The highest BCUT2D eigenvalue weighted by Gasteiger charge is 2.12. The number of pyridine rings is 1. The molecule has 0 spiro atoms. The van der Waals surface area contributed by atoms with Gasteiger partial charge in [0.25, 0.3) is 5.56 Å². The first-order valence-electron chi connectivity index (χ1n) is 3.85. The van der Waals surface area contributed by atoms with Crippen molar-refractivity contribution in [2.75, 3.05) is 0 Å². The van der Waals surface area contributed by atoms with Crippen molar-refractivity contribution < 1.29 is 9.90 Å². The van der Waals surface area contributed by atoms with E-state index in [4.69, 9.17) is 5.11 Å². The first-order valence-corrected chi connectivity index (χ1v) is 3.85. The third-order valence-corrected chi connectivity index (χ3v) is 2.20. The number of carbonyl (C=O) groups is 1. The van der Waals surface area contributed by atoms with Gasteiger partial charge in [0, 0.05) is 12.7 Å². The van der Waals surface area contributed by atoms with Crippen molar-refractivity contribution in [3.05, 3.63) is 33.2 Å². The maximum absolute atomic E-state index is 11.4. The van der Waals surface area contributed by atoms with Gasteiger partial charge in [0.05, 0.1) is 0 Å². The van der Waals surface area contributed by atoms with Crippen LogP contribution in [0.4, 0.5) is 0 Å².